The van der Waals surface area contributed by atoms with Crippen molar-refractivity contribution in [1.82, 2.24) is 0 Å². The number of fused-ring (bicyclic) bond motifs is 2. The number of hydrogen-bond acceptors (Lipinski definition) is 2. The average Bonchev–Trinajstić information content (AvgIpc) is 3.08. The van der Waals surface area contributed by atoms with Crippen LogP contribution in [0, 0.1) is 17.1 Å². The lowest BCUT2D eigenvalue weighted by atomic mass is 9.83. The molecule has 4 heteroatoms. The molecule has 2 aliphatic rings. The van der Waals surface area contributed by atoms with Crippen LogP contribution in [-0.2, 0) is 15.6 Å². The molecule has 2 aromatic rings. The number of rotatable bonds is 1. The number of benzene rings is 2. The highest BCUT2D eigenvalue weighted by Crippen LogP contribution is 2.69. The minimum absolute atomic E-state index is 0.0695. The molecule has 0 radical (unpaired) electrons. The summed E-state index contributed by atoms with van der Waals surface area (Å²) in [5, 5.41) is 11.8. The lowest BCUT2D eigenvalue weighted by Crippen LogP contribution is -2.27. The number of nitrogens with zero attached hydrogens (tertiary/aromatic N) is 1. The van der Waals surface area contributed by atoms with E-state index in [0.29, 0.717) is 17.7 Å². The van der Waals surface area contributed by atoms with E-state index < -0.39 is 5.41 Å². The summed E-state index contributed by atoms with van der Waals surface area (Å²) >= 11 is 0. The summed E-state index contributed by atoms with van der Waals surface area (Å²) in [7, 11) is 0. The Bertz CT molecular complexity index is 852. The predicted molar refractivity (Wildman–Crippen MR) is 79.8 cm³/mol. The summed E-state index contributed by atoms with van der Waals surface area (Å²) in [6.45, 7) is 2.02. The normalized spacial score (nSPS) is 28.1. The number of carbonyl (C=O) groups excluding carboxylic acids is 1. The Morgan fingerprint density at radius 1 is 1.23 bits per heavy atom. The number of carbonyl (C=O) groups is 1. The van der Waals surface area contributed by atoms with E-state index in [1.807, 2.05) is 19.1 Å². The van der Waals surface area contributed by atoms with E-state index in [-0.39, 0.29) is 17.1 Å². The minimum Gasteiger partial charge on any atom is -0.325 e. The Labute approximate surface area is 127 Å². The summed E-state index contributed by atoms with van der Waals surface area (Å²) in [5.41, 5.74) is 1.96. The first-order valence-electron chi connectivity index (χ1n) is 7.13. The van der Waals surface area contributed by atoms with Gasteiger partial charge in [0.25, 0.3) is 0 Å². The predicted octanol–water partition coefficient (Wildman–Crippen LogP) is 3.25. The number of nitriles is 1. The van der Waals surface area contributed by atoms with Crippen LogP contribution >= 0.6 is 0 Å². The maximum absolute atomic E-state index is 13.6. The van der Waals surface area contributed by atoms with Gasteiger partial charge in [-0.2, -0.15) is 5.26 Å². The standard InChI is InChI=1S/C18H13FN2O/c1-17(12-4-2-11(9-20)3-5-12)10-18(17)14-8-13(19)6-7-15(14)21-16(18)22/h2-8H,10H2,1H3,(H,21,22)/t17-,18-/m0/s1. The van der Waals surface area contributed by atoms with Crippen LogP contribution in [0.1, 0.15) is 30.0 Å². The summed E-state index contributed by atoms with van der Waals surface area (Å²) in [6.07, 6.45) is 0.647. The maximum atomic E-state index is 13.6. The van der Waals surface area contributed by atoms with E-state index in [1.54, 1.807) is 18.2 Å². The molecule has 0 aromatic heterocycles. The molecule has 3 nitrogen and oxygen atoms in total. The molecule has 108 valence electrons. The van der Waals surface area contributed by atoms with Gasteiger partial charge in [0.05, 0.1) is 17.0 Å². The zero-order valence-electron chi connectivity index (χ0n) is 12.0. The van der Waals surface area contributed by atoms with Crippen LogP contribution in [0.3, 0.4) is 0 Å². The zero-order valence-corrected chi connectivity index (χ0v) is 12.0. The second-order valence-electron chi connectivity index (χ2n) is 6.25. The largest absolute Gasteiger partial charge is 0.325 e. The first-order valence-corrected chi connectivity index (χ1v) is 7.13. The van der Waals surface area contributed by atoms with Crippen LogP contribution in [0.25, 0.3) is 0 Å². The summed E-state index contributed by atoms with van der Waals surface area (Å²) in [4.78, 5) is 12.6. The SMILES string of the molecule is C[C@@]1(c2ccc(C#N)cc2)C[C@]12C(=O)Nc1ccc(F)cc12. The molecule has 2 aromatic carbocycles. The second kappa shape index (κ2) is 3.95. The second-order valence-corrected chi connectivity index (χ2v) is 6.25. The molecule has 0 bridgehead atoms. The van der Waals surface area contributed by atoms with Crippen molar-refractivity contribution >= 4 is 11.6 Å². The van der Waals surface area contributed by atoms with Gasteiger partial charge < -0.3 is 5.32 Å². The van der Waals surface area contributed by atoms with Crippen molar-refractivity contribution in [2.45, 2.75) is 24.2 Å². The molecule has 4 rings (SSSR count). The van der Waals surface area contributed by atoms with E-state index in [9.17, 15) is 9.18 Å². The Kier molecular flexibility index (Phi) is 2.34. The lowest BCUT2D eigenvalue weighted by molar-refractivity contribution is -0.118. The smallest absolute Gasteiger partial charge is 0.236 e. The molecular formula is C18H13FN2O. The third-order valence-electron chi connectivity index (χ3n) is 5.16. The molecule has 1 amide bonds. The van der Waals surface area contributed by atoms with Crippen LogP contribution in [-0.4, -0.2) is 5.91 Å². The first kappa shape index (κ1) is 13.0. The van der Waals surface area contributed by atoms with E-state index in [0.717, 1.165) is 11.1 Å². The van der Waals surface area contributed by atoms with Gasteiger partial charge in [-0.3, -0.25) is 4.79 Å². The molecule has 1 spiro atoms. The van der Waals surface area contributed by atoms with Crippen molar-refractivity contribution in [2.24, 2.45) is 0 Å². The monoisotopic (exact) mass is 292 g/mol. The fraction of sp³-hybridized carbons (Fsp3) is 0.222. The molecule has 22 heavy (non-hydrogen) atoms. The molecule has 1 heterocycles. The van der Waals surface area contributed by atoms with Crippen LogP contribution in [0.4, 0.5) is 10.1 Å². The van der Waals surface area contributed by atoms with E-state index >= 15 is 0 Å². The molecule has 2 atom stereocenters. The molecular weight excluding hydrogens is 279 g/mol. The van der Waals surface area contributed by atoms with Gasteiger partial charge in [-0.1, -0.05) is 19.1 Å². The van der Waals surface area contributed by atoms with Crippen LogP contribution in [0.2, 0.25) is 0 Å². The Morgan fingerprint density at radius 3 is 2.64 bits per heavy atom. The van der Waals surface area contributed by atoms with Crippen molar-refractivity contribution in [1.29, 1.82) is 5.26 Å². The van der Waals surface area contributed by atoms with Crippen molar-refractivity contribution < 1.29 is 9.18 Å². The van der Waals surface area contributed by atoms with E-state index in [2.05, 4.69) is 11.4 Å². The Hall–Kier alpha value is -2.67. The van der Waals surface area contributed by atoms with Gasteiger partial charge in [0, 0.05) is 11.1 Å². The highest BCUT2D eigenvalue weighted by Gasteiger charge is 2.73. The van der Waals surface area contributed by atoms with Crippen LogP contribution in [0.5, 0.6) is 0 Å². The van der Waals surface area contributed by atoms with Crippen molar-refractivity contribution in [3.05, 3.63) is 65.0 Å². The molecule has 1 N–H and O–H groups in total. The van der Waals surface area contributed by atoms with Crippen LogP contribution in [0.15, 0.2) is 42.5 Å². The fourth-order valence-electron chi connectivity index (χ4n) is 3.80. The number of anilines is 1. The summed E-state index contributed by atoms with van der Waals surface area (Å²) in [6, 6.07) is 13.8. The molecule has 1 aliphatic carbocycles. The molecule has 1 fully saturated rings. The Balaban J connectivity index is 1.83. The molecule has 0 unspecified atom stereocenters. The maximum Gasteiger partial charge on any atom is 0.236 e. The highest BCUT2D eigenvalue weighted by atomic mass is 19.1. The lowest BCUT2D eigenvalue weighted by Gasteiger charge is -2.17. The number of halogens is 1. The molecule has 1 aliphatic heterocycles. The number of amides is 1. The van der Waals surface area contributed by atoms with Gasteiger partial charge in [-0.05, 0) is 47.9 Å². The van der Waals surface area contributed by atoms with Gasteiger partial charge in [0.15, 0.2) is 0 Å². The molecule has 0 saturated heterocycles. The van der Waals surface area contributed by atoms with Gasteiger partial charge >= 0.3 is 0 Å². The number of nitrogens with one attached hydrogen (secondary N) is 1. The quantitative estimate of drug-likeness (QED) is 0.877. The average molecular weight is 292 g/mol. The highest BCUT2D eigenvalue weighted by molar-refractivity contribution is 6.10. The van der Waals surface area contributed by atoms with Crippen LogP contribution < -0.4 is 5.32 Å². The third kappa shape index (κ3) is 1.41. The topological polar surface area (TPSA) is 52.9 Å². The van der Waals surface area contributed by atoms with Crippen molar-refractivity contribution in [3.8, 4) is 6.07 Å². The van der Waals surface area contributed by atoms with Crippen molar-refractivity contribution in [3.63, 3.8) is 0 Å². The minimum atomic E-state index is -0.696. The molecule has 1 saturated carbocycles. The number of hydrogen-bond donors (Lipinski definition) is 1. The van der Waals surface area contributed by atoms with E-state index in [1.165, 1.54) is 12.1 Å². The van der Waals surface area contributed by atoms with Gasteiger partial charge in [-0.15, -0.1) is 0 Å². The third-order valence-corrected chi connectivity index (χ3v) is 5.16. The fourth-order valence-corrected chi connectivity index (χ4v) is 3.80. The Morgan fingerprint density at radius 2 is 1.95 bits per heavy atom. The van der Waals surface area contributed by atoms with Gasteiger partial charge in [0.2, 0.25) is 5.91 Å². The van der Waals surface area contributed by atoms with E-state index in [4.69, 9.17) is 5.26 Å². The van der Waals surface area contributed by atoms with Gasteiger partial charge in [-0.25, -0.2) is 4.39 Å². The zero-order chi connectivity index (χ0) is 15.5. The summed E-state index contributed by atoms with van der Waals surface area (Å²) < 4.78 is 13.6. The first-order chi connectivity index (χ1) is 10.5. The van der Waals surface area contributed by atoms with Gasteiger partial charge in [0.1, 0.15) is 5.82 Å². The summed E-state index contributed by atoms with van der Waals surface area (Å²) in [5.74, 6) is -0.399. The van der Waals surface area contributed by atoms with Crippen molar-refractivity contribution in [2.75, 3.05) is 5.32 Å².